The SMILES string of the molecule is NC(=O)c1ccc(F)cc1Br.O=S(=O)(O)c1cccnc1. The summed E-state index contributed by atoms with van der Waals surface area (Å²) in [5.74, 6) is -0.973. The smallest absolute Gasteiger partial charge is 0.296 e. The third-order valence-corrected chi connectivity index (χ3v) is 3.62. The highest BCUT2D eigenvalue weighted by molar-refractivity contribution is 9.10. The Kier molecular flexibility index (Phi) is 5.94. The van der Waals surface area contributed by atoms with Crippen molar-refractivity contribution in [2.75, 3.05) is 0 Å². The number of nitrogens with two attached hydrogens (primary N) is 1. The fourth-order valence-electron chi connectivity index (χ4n) is 1.19. The average molecular weight is 377 g/mol. The van der Waals surface area contributed by atoms with Gasteiger partial charge in [0, 0.05) is 16.9 Å². The summed E-state index contributed by atoms with van der Waals surface area (Å²) in [5, 5.41) is 0. The van der Waals surface area contributed by atoms with Gasteiger partial charge in [-0.15, -0.1) is 0 Å². The number of rotatable bonds is 2. The number of nitrogens with zero attached hydrogens (tertiary/aromatic N) is 1. The van der Waals surface area contributed by atoms with E-state index in [1.807, 2.05) is 0 Å². The Morgan fingerprint density at radius 2 is 2.00 bits per heavy atom. The van der Waals surface area contributed by atoms with Crippen LogP contribution in [-0.2, 0) is 10.1 Å². The van der Waals surface area contributed by atoms with Gasteiger partial charge in [-0.2, -0.15) is 8.42 Å². The third kappa shape index (κ3) is 5.58. The highest BCUT2D eigenvalue weighted by Crippen LogP contribution is 2.16. The molecule has 0 spiro atoms. The lowest BCUT2D eigenvalue weighted by atomic mass is 10.2. The topological polar surface area (TPSA) is 110 Å². The van der Waals surface area contributed by atoms with Gasteiger partial charge in [-0.3, -0.25) is 14.3 Å². The van der Waals surface area contributed by atoms with Gasteiger partial charge >= 0.3 is 0 Å². The Hall–Kier alpha value is -1.84. The normalized spacial score (nSPS) is 10.4. The van der Waals surface area contributed by atoms with Crippen molar-refractivity contribution in [3.8, 4) is 0 Å². The summed E-state index contributed by atoms with van der Waals surface area (Å²) in [6.45, 7) is 0. The van der Waals surface area contributed by atoms with Crippen LogP contribution in [-0.4, -0.2) is 23.9 Å². The number of pyridine rings is 1. The number of carbonyl (C=O) groups excluding carboxylic acids is 1. The van der Waals surface area contributed by atoms with E-state index in [1.54, 1.807) is 0 Å². The van der Waals surface area contributed by atoms with E-state index in [4.69, 9.17) is 10.3 Å². The van der Waals surface area contributed by atoms with Crippen LogP contribution in [0, 0.1) is 5.82 Å². The quantitative estimate of drug-likeness (QED) is 0.778. The second-order valence-corrected chi connectivity index (χ2v) is 5.93. The largest absolute Gasteiger partial charge is 0.366 e. The van der Waals surface area contributed by atoms with Crippen LogP contribution in [0.3, 0.4) is 0 Å². The molecule has 0 saturated carbocycles. The number of carbonyl (C=O) groups is 1. The van der Waals surface area contributed by atoms with E-state index >= 15 is 0 Å². The van der Waals surface area contributed by atoms with E-state index in [1.165, 1.54) is 36.5 Å². The molecule has 0 radical (unpaired) electrons. The number of hydrogen-bond acceptors (Lipinski definition) is 4. The maximum absolute atomic E-state index is 12.4. The summed E-state index contributed by atoms with van der Waals surface area (Å²) in [7, 11) is -4.07. The van der Waals surface area contributed by atoms with Gasteiger partial charge in [-0.25, -0.2) is 4.39 Å². The minimum Gasteiger partial charge on any atom is -0.366 e. The number of amides is 1. The van der Waals surface area contributed by atoms with Crippen molar-refractivity contribution in [1.29, 1.82) is 0 Å². The first-order chi connectivity index (χ1) is 9.71. The molecule has 21 heavy (non-hydrogen) atoms. The molecular weight excluding hydrogens is 367 g/mol. The van der Waals surface area contributed by atoms with Gasteiger partial charge in [0.1, 0.15) is 10.7 Å². The van der Waals surface area contributed by atoms with Gasteiger partial charge in [0.05, 0.1) is 5.56 Å². The molecule has 1 aromatic carbocycles. The first-order valence-corrected chi connectivity index (χ1v) is 7.57. The molecule has 0 bridgehead atoms. The molecule has 1 heterocycles. The zero-order valence-corrected chi connectivity index (χ0v) is 12.8. The summed E-state index contributed by atoms with van der Waals surface area (Å²) >= 11 is 3.01. The van der Waals surface area contributed by atoms with Crippen molar-refractivity contribution in [2.45, 2.75) is 4.90 Å². The standard InChI is InChI=1S/C7H5BrFNO.C5H5NO3S/c8-6-3-4(9)1-2-5(6)7(10)11;7-10(8,9)5-2-1-3-6-4-5/h1-3H,(H2,10,11);1-4H,(H,7,8,9). The molecule has 112 valence electrons. The summed E-state index contributed by atoms with van der Waals surface area (Å²) < 4.78 is 41.9. The highest BCUT2D eigenvalue weighted by Gasteiger charge is 2.07. The van der Waals surface area contributed by atoms with Crippen LogP contribution in [0.15, 0.2) is 52.1 Å². The van der Waals surface area contributed by atoms with Gasteiger partial charge in [-0.1, -0.05) is 0 Å². The van der Waals surface area contributed by atoms with Crippen LogP contribution < -0.4 is 5.73 Å². The fourth-order valence-corrected chi connectivity index (χ4v) is 2.18. The molecule has 0 aliphatic heterocycles. The van der Waals surface area contributed by atoms with E-state index in [9.17, 15) is 17.6 Å². The van der Waals surface area contributed by atoms with Crippen LogP contribution >= 0.6 is 15.9 Å². The molecule has 0 aliphatic rings. The maximum Gasteiger partial charge on any atom is 0.296 e. The molecule has 1 amide bonds. The Balaban J connectivity index is 0.000000211. The van der Waals surface area contributed by atoms with Crippen LogP contribution in [0.25, 0.3) is 0 Å². The number of benzene rings is 1. The minimum absolute atomic E-state index is 0.185. The zero-order chi connectivity index (χ0) is 16.0. The molecule has 0 fully saturated rings. The summed E-state index contributed by atoms with van der Waals surface area (Å²) in [6.07, 6.45) is 2.50. The lowest BCUT2D eigenvalue weighted by Gasteiger charge is -1.97. The van der Waals surface area contributed by atoms with E-state index in [0.717, 1.165) is 6.20 Å². The van der Waals surface area contributed by atoms with Gasteiger partial charge in [0.15, 0.2) is 0 Å². The van der Waals surface area contributed by atoms with Crippen molar-refractivity contribution in [1.82, 2.24) is 4.98 Å². The minimum atomic E-state index is -4.07. The predicted molar refractivity (Wildman–Crippen MR) is 76.7 cm³/mol. The lowest BCUT2D eigenvalue weighted by Crippen LogP contribution is -2.11. The van der Waals surface area contributed by atoms with Crippen LogP contribution in [0.5, 0.6) is 0 Å². The fraction of sp³-hybridized carbons (Fsp3) is 0. The number of primary amides is 1. The summed E-state index contributed by atoms with van der Waals surface area (Å²) in [6, 6.07) is 6.41. The van der Waals surface area contributed by atoms with Gasteiger partial charge in [0.2, 0.25) is 5.91 Å². The molecule has 2 rings (SSSR count). The van der Waals surface area contributed by atoms with Crippen LogP contribution in [0.4, 0.5) is 4.39 Å². The van der Waals surface area contributed by atoms with E-state index in [-0.39, 0.29) is 10.5 Å². The van der Waals surface area contributed by atoms with Gasteiger partial charge in [0.25, 0.3) is 10.1 Å². The van der Waals surface area contributed by atoms with Gasteiger partial charge in [-0.05, 0) is 46.3 Å². The first-order valence-electron chi connectivity index (χ1n) is 5.34. The Labute approximate surface area is 128 Å². The van der Waals surface area contributed by atoms with Gasteiger partial charge < -0.3 is 5.73 Å². The predicted octanol–water partition coefficient (Wildman–Crippen LogP) is 2.02. The van der Waals surface area contributed by atoms with E-state index in [2.05, 4.69) is 20.9 Å². The van der Waals surface area contributed by atoms with Crippen molar-refractivity contribution < 1.29 is 22.2 Å². The molecule has 0 unspecified atom stereocenters. The maximum atomic E-state index is 12.4. The molecule has 0 aliphatic carbocycles. The van der Waals surface area contributed by atoms with Crippen molar-refractivity contribution >= 4 is 32.0 Å². The molecule has 6 nitrogen and oxygen atoms in total. The molecule has 2 aromatic rings. The molecule has 0 atom stereocenters. The number of hydrogen-bond donors (Lipinski definition) is 2. The second-order valence-electron chi connectivity index (χ2n) is 3.65. The zero-order valence-electron chi connectivity index (χ0n) is 10.4. The monoisotopic (exact) mass is 376 g/mol. The van der Waals surface area contributed by atoms with Crippen LogP contribution in [0.1, 0.15) is 10.4 Å². The van der Waals surface area contributed by atoms with E-state index < -0.39 is 21.8 Å². The molecule has 0 saturated heterocycles. The number of aromatic nitrogens is 1. The Morgan fingerprint density at radius 1 is 1.33 bits per heavy atom. The second kappa shape index (κ2) is 7.25. The molecule has 9 heteroatoms. The molecular formula is C12H10BrFN2O4S. The number of halogens is 2. The van der Waals surface area contributed by atoms with E-state index in [0.29, 0.717) is 4.47 Å². The van der Waals surface area contributed by atoms with Crippen LogP contribution in [0.2, 0.25) is 0 Å². The van der Waals surface area contributed by atoms with Crippen molar-refractivity contribution in [3.05, 3.63) is 58.6 Å². The molecule has 1 aromatic heterocycles. The first kappa shape index (κ1) is 17.2. The average Bonchev–Trinajstić information content (AvgIpc) is 2.39. The molecule has 3 N–H and O–H groups in total. The Bertz CT molecular complexity index is 738. The lowest BCUT2D eigenvalue weighted by molar-refractivity contribution is 0.0999. The summed E-state index contributed by atoms with van der Waals surface area (Å²) in [4.78, 5) is 13.9. The highest BCUT2D eigenvalue weighted by atomic mass is 79.9. The Morgan fingerprint density at radius 3 is 2.38 bits per heavy atom. The summed E-state index contributed by atoms with van der Waals surface area (Å²) in [5.41, 5.74) is 5.26. The van der Waals surface area contributed by atoms with Crippen molar-refractivity contribution in [2.24, 2.45) is 5.73 Å². The third-order valence-electron chi connectivity index (χ3n) is 2.13. The van der Waals surface area contributed by atoms with Crippen molar-refractivity contribution in [3.63, 3.8) is 0 Å².